The highest BCUT2D eigenvalue weighted by Crippen LogP contribution is 2.27. The maximum atomic E-state index is 11.4. The van der Waals surface area contributed by atoms with E-state index in [1.54, 1.807) is 10.9 Å². The topological polar surface area (TPSA) is 97.9 Å². The van der Waals surface area contributed by atoms with Crippen molar-refractivity contribution in [1.29, 1.82) is 0 Å². The summed E-state index contributed by atoms with van der Waals surface area (Å²) in [6, 6.07) is 0. The van der Waals surface area contributed by atoms with Crippen molar-refractivity contribution < 1.29 is 9.90 Å². The Balaban J connectivity index is 1.96. The van der Waals surface area contributed by atoms with Gasteiger partial charge in [-0.05, 0) is 25.9 Å². The molecule has 8 nitrogen and oxygen atoms in total. The Labute approximate surface area is 121 Å². The van der Waals surface area contributed by atoms with Crippen LogP contribution in [0, 0.1) is 0 Å². The van der Waals surface area contributed by atoms with Gasteiger partial charge in [0.1, 0.15) is 12.4 Å². The lowest BCUT2D eigenvalue weighted by atomic mass is 9.93. The van der Waals surface area contributed by atoms with Crippen LogP contribution in [0.2, 0.25) is 0 Å². The van der Waals surface area contributed by atoms with E-state index in [-0.39, 0.29) is 11.6 Å². The van der Waals surface area contributed by atoms with Gasteiger partial charge in [0, 0.05) is 25.4 Å². The van der Waals surface area contributed by atoms with Gasteiger partial charge in [-0.1, -0.05) is 5.21 Å². The zero-order valence-corrected chi connectivity index (χ0v) is 11.9. The molecule has 2 aromatic rings. The molecule has 2 aromatic heterocycles. The van der Waals surface area contributed by atoms with Gasteiger partial charge >= 0.3 is 5.97 Å². The van der Waals surface area contributed by atoms with Gasteiger partial charge in [0.25, 0.3) is 0 Å². The van der Waals surface area contributed by atoms with Crippen LogP contribution in [0.1, 0.15) is 40.8 Å². The van der Waals surface area contributed by atoms with Crippen molar-refractivity contribution in [1.82, 2.24) is 29.9 Å². The molecule has 0 aromatic carbocycles. The molecule has 1 aliphatic rings. The molecule has 112 valence electrons. The molecule has 0 radical (unpaired) electrons. The number of aromatic carboxylic acids is 1. The number of aryl methyl sites for hydroxylation is 1. The Morgan fingerprint density at radius 1 is 1.48 bits per heavy atom. The molecule has 2 N–H and O–H groups in total. The first-order valence-electron chi connectivity index (χ1n) is 7.00. The Hall–Kier alpha value is -2.22. The highest BCUT2D eigenvalue weighted by atomic mass is 16.4. The van der Waals surface area contributed by atoms with Gasteiger partial charge in [-0.2, -0.15) is 0 Å². The molecule has 0 saturated carbocycles. The Kier molecular flexibility index (Phi) is 3.70. The van der Waals surface area contributed by atoms with Crippen LogP contribution in [0.4, 0.5) is 0 Å². The second kappa shape index (κ2) is 5.65. The monoisotopic (exact) mass is 290 g/mol. The van der Waals surface area contributed by atoms with Gasteiger partial charge in [0.2, 0.25) is 0 Å². The van der Waals surface area contributed by atoms with E-state index in [1.165, 1.54) is 0 Å². The molecule has 8 heteroatoms. The molecule has 1 saturated heterocycles. The Morgan fingerprint density at radius 3 is 2.86 bits per heavy atom. The molecule has 3 rings (SSSR count). The van der Waals surface area contributed by atoms with Crippen molar-refractivity contribution in [3.8, 4) is 0 Å². The Morgan fingerprint density at radius 2 is 2.24 bits per heavy atom. The molecule has 0 amide bonds. The molecule has 0 unspecified atom stereocenters. The van der Waals surface area contributed by atoms with Crippen molar-refractivity contribution >= 4 is 5.97 Å². The summed E-state index contributed by atoms with van der Waals surface area (Å²) in [5.41, 5.74) is 0.781. The normalized spacial score (nSPS) is 16.2. The lowest BCUT2D eigenvalue weighted by Crippen LogP contribution is -2.29. The van der Waals surface area contributed by atoms with Crippen molar-refractivity contribution in [2.45, 2.75) is 25.3 Å². The van der Waals surface area contributed by atoms with E-state index < -0.39 is 5.97 Å². The van der Waals surface area contributed by atoms with E-state index in [2.05, 4.69) is 20.6 Å². The number of carboxylic acid groups (broad SMARTS) is 1. The van der Waals surface area contributed by atoms with E-state index >= 15 is 0 Å². The zero-order valence-electron chi connectivity index (χ0n) is 11.9. The van der Waals surface area contributed by atoms with Crippen molar-refractivity contribution in [2.24, 2.45) is 7.05 Å². The molecule has 21 heavy (non-hydrogen) atoms. The summed E-state index contributed by atoms with van der Waals surface area (Å²) in [6.45, 7) is 2.21. The van der Waals surface area contributed by atoms with Crippen LogP contribution in [-0.2, 0) is 13.6 Å². The van der Waals surface area contributed by atoms with Gasteiger partial charge in [-0.25, -0.2) is 14.5 Å². The summed E-state index contributed by atoms with van der Waals surface area (Å²) in [5, 5.41) is 20.5. The largest absolute Gasteiger partial charge is 0.476 e. The average molecular weight is 290 g/mol. The number of hydrogen-bond acceptors (Lipinski definition) is 5. The standard InChI is InChI=1S/C13H18N6O2/c1-18-7-6-15-10(18)8-19-12(9-2-4-14-5-3-9)11(13(20)21)16-17-19/h6-7,9,14H,2-5,8H2,1H3,(H,20,21). The first-order valence-corrected chi connectivity index (χ1v) is 7.00. The molecule has 0 spiro atoms. The second-order valence-corrected chi connectivity index (χ2v) is 5.26. The van der Waals surface area contributed by atoms with Gasteiger partial charge < -0.3 is 15.0 Å². The van der Waals surface area contributed by atoms with Crippen LogP contribution in [0.25, 0.3) is 0 Å². The van der Waals surface area contributed by atoms with Crippen molar-refractivity contribution in [3.05, 3.63) is 29.6 Å². The molecular weight excluding hydrogens is 272 g/mol. The van der Waals surface area contributed by atoms with Gasteiger partial charge in [0.15, 0.2) is 5.69 Å². The second-order valence-electron chi connectivity index (χ2n) is 5.26. The summed E-state index contributed by atoms with van der Waals surface area (Å²) in [7, 11) is 1.90. The fourth-order valence-electron chi connectivity index (χ4n) is 2.77. The zero-order chi connectivity index (χ0) is 14.8. The van der Waals surface area contributed by atoms with Crippen LogP contribution in [-0.4, -0.2) is 48.7 Å². The highest BCUT2D eigenvalue weighted by Gasteiger charge is 2.28. The predicted molar refractivity (Wildman–Crippen MR) is 74.1 cm³/mol. The number of carboxylic acids is 1. The minimum absolute atomic E-state index is 0.0658. The first-order chi connectivity index (χ1) is 10.2. The molecule has 0 atom stereocenters. The van der Waals surface area contributed by atoms with Crippen LogP contribution in [0.5, 0.6) is 0 Å². The number of imidazole rings is 1. The minimum atomic E-state index is -1.02. The van der Waals surface area contributed by atoms with Crippen LogP contribution in [0.3, 0.4) is 0 Å². The van der Waals surface area contributed by atoms with E-state index in [4.69, 9.17) is 0 Å². The number of nitrogens with one attached hydrogen (secondary N) is 1. The summed E-state index contributed by atoms with van der Waals surface area (Å²) in [5.74, 6) is -0.0192. The fraction of sp³-hybridized carbons (Fsp3) is 0.538. The lowest BCUT2D eigenvalue weighted by Gasteiger charge is -2.23. The number of nitrogens with zero attached hydrogens (tertiary/aromatic N) is 5. The van der Waals surface area contributed by atoms with Crippen molar-refractivity contribution in [2.75, 3.05) is 13.1 Å². The van der Waals surface area contributed by atoms with E-state index in [0.29, 0.717) is 12.2 Å². The quantitative estimate of drug-likeness (QED) is 0.836. The molecular formula is C13H18N6O2. The summed E-state index contributed by atoms with van der Waals surface area (Å²) >= 11 is 0. The third-order valence-corrected chi connectivity index (χ3v) is 3.91. The van der Waals surface area contributed by atoms with E-state index in [0.717, 1.165) is 31.8 Å². The first kappa shape index (κ1) is 13.7. The van der Waals surface area contributed by atoms with Crippen molar-refractivity contribution in [3.63, 3.8) is 0 Å². The fourth-order valence-corrected chi connectivity index (χ4v) is 2.77. The molecule has 1 aliphatic heterocycles. The third-order valence-electron chi connectivity index (χ3n) is 3.91. The average Bonchev–Trinajstić information content (AvgIpc) is 3.07. The number of piperidine rings is 1. The lowest BCUT2D eigenvalue weighted by molar-refractivity contribution is 0.0688. The molecule has 1 fully saturated rings. The van der Waals surface area contributed by atoms with E-state index in [9.17, 15) is 9.90 Å². The smallest absolute Gasteiger partial charge is 0.358 e. The third kappa shape index (κ3) is 2.66. The summed E-state index contributed by atoms with van der Waals surface area (Å²) < 4.78 is 3.58. The van der Waals surface area contributed by atoms with E-state index in [1.807, 2.05) is 17.8 Å². The predicted octanol–water partition coefficient (Wildman–Crippen LogP) is 0.225. The van der Waals surface area contributed by atoms with Gasteiger partial charge in [0.05, 0.1) is 5.69 Å². The van der Waals surface area contributed by atoms with Gasteiger partial charge in [-0.3, -0.25) is 0 Å². The SMILES string of the molecule is Cn1ccnc1Cn1nnc(C(=O)O)c1C1CCNCC1. The molecule has 0 bridgehead atoms. The number of aromatic nitrogens is 5. The number of carbonyl (C=O) groups is 1. The molecule has 0 aliphatic carbocycles. The Bertz CT molecular complexity index is 641. The molecule has 3 heterocycles. The van der Waals surface area contributed by atoms with Crippen LogP contribution < -0.4 is 5.32 Å². The maximum absolute atomic E-state index is 11.4. The minimum Gasteiger partial charge on any atom is -0.476 e. The number of rotatable bonds is 4. The maximum Gasteiger partial charge on any atom is 0.358 e. The van der Waals surface area contributed by atoms with Crippen LogP contribution >= 0.6 is 0 Å². The highest BCUT2D eigenvalue weighted by molar-refractivity contribution is 5.86. The van der Waals surface area contributed by atoms with Crippen LogP contribution in [0.15, 0.2) is 12.4 Å². The summed E-state index contributed by atoms with van der Waals surface area (Å²) in [6.07, 6.45) is 5.37. The summed E-state index contributed by atoms with van der Waals surface area (Å²) in [4.78, 5) is 15.7. The number of hydrogen-bond donors (Lipinski definition) is 2. The van der Waals surface area contributed by atoms with Gasteiger partial charge in [-0.15, -0.1) is 5.10 Å².